The Bertz CT molecular complexity index is 486. The van der Waals surface area contributed by atoms with Crippen molar-refractivity contribution in [1.82, 2.24) is 0 Å². The number of allylic oxidation sites excluding steroid dienone is 4. The average molecular weight is 274 g/mol. The summed E-state index contributed by atoms with van der Waals surface area (Å²) in [6, 6.07) is 0. The number of carbonyl (C=O) groups excluding carboxylic acids is 1. The van der Waals surface area contributed by atoms with Crippen LogP contribution in [0.5, 0.6) is 0 Å². The fourth-order valence-electron chi connectivity index (χ4n) is 4.73. The highest BCUT2D eigenvalue weighted by molar-refractivity contribution is 5.90. The molecule has 0 bridgehead atoms. The average Bonchev–Trinajstić information content (AvgIpc) is 2.66. The fraction of sp³-hybridized carbons (Fsp3) is 0.722. The number of aliphatic hydroxyl groups excluding tert-OH is 1. The van der Waals surface area contributed by atoms with Gasteiger partial charge >= 0.3 is 0 Å². The summed E-state index contributed by atoms with van der Waals surface area (Å²) in [6.45, 7) is 6.94. The first-order chi connectivity index (χ1) is 9.42. The molecule has 2 nitrogen and oxygen atoms in total. The molecule has 4 atom stereocenters. The van der Waals surface area contributed by atoms with Gasteiger partial charge in [0.15, 0.2) is 5.78 Å². The Morgan fingerprint density at radius 3 is 2.80 bits per heavy atom. The zero-order chi connectivity index (χ0) is 14.5. The molecular formula is C18H26O2. The molecule has 0 heterocycles. The van der Waals surface area contributed by atoms with E-state index in [2.05, 4.69) is 26.8 Å². The van der Waals surface area contributed by atoms with Crippen molar-refractivity contribution in [2.24, 2.45) is 23.2 Å². The molecule has 0 aromatic heterocycles. The predicted octanol–water partition coefficient (Wildman–Crippen LogP) is 3.66. The monoisotopic (exact) mass is 274 g/mol. The minimum atomic E-state index is -0.464. The summed E-state index contributed by atoms with van der Waals surface area (Å²) >= 11 is 0. The van der Waals surface area contributed by atoms with Crippen LogP contribution in [0.1, 0.15) is 52.9 Å². The number of rotatable bonds is 1. The van der Waals surface area contributed by atoms with Crippen LogP contribution in [0.3, 0.4) is 0 Å². The molecule has 20 heavy (non-hydrogen) atoms. The SMILES string of the molecule is CC(C)C1=C2[C@@H]3C=CC(=O)C[C@H](O)[C@@H]3CC[C@@]2(C)CC1. The molecular weight excluding hydrogens is 248 g/mol. The summed E-state index contributed by atoms with van der Waals surface area (Å²) in [5, 5.41) is 10.4. The minimum Gasteiger partial charge on any atom is -0.392 e. The summed E-state index contributed by atoms with van der Waals surface area (Å²) < 4.78 is 0. The largest absolute Gasteiger partial charge is 0.392 e. The second kappa shape index (κ2) is 4.84. The van der Waals surface area contributed by atoms with Crippen LogP contribution in [-0.2, 0) is 4.79 Å². The van der Waals surface area contributed by atoms with Gasteiger partial charge in [0, 0.05) is 12.3 Å². The molecule has 1 N–H and O–H groups in total. The Morgan fingerprint density at radius 2 is 2.10 bits per heavy atom. The van der Waals surface area contributed by atoms with Crippen molar-refractivity contribution in [3.63, 3.8) is 0 Å². The molecule has 110 valence electrons. The van der Waals surface area contributed by atoms with E-state index in [4.69, 9.17) is 0 Å². The number of hydrogen-bond acceptors (Lipinski definition) is 2. The summed E-state index contributed by atoms with van der Waals surface area (Å²) in [6.07, 6.45) is 8.33. The van der Waals surface area contributed by atoms with E-state index in [-0.39, 0.29) is 17.6 Å². The maximum Gasteiger partial charge on any atom is 0.157 e. The molecule has 1 saturated carbocycles. The van der Waals surface area contributed by atoms with Crippen molar-refractivity contribution < 1.29 is 9.90 Å². The zero-order valence-corrected chi connectivity index (χ0v) is 12.9. The van der Waals surface area contributed by atoms with E-state index in [0.717, 1.165) is 6.42 Å². The number of aliphatic hydroxyl groups is 1. The summed E-state index contributed by atoms with van der Waals surface area (Å²) in [7, 11) is 0. The van der Waals surface area contributed by atoms with E-state index in [0.29, 0.717) is 17.8 Å². The second-order valence-corrected chi connectivity index (χ2v) is 7.48. The molecule has 3 aliphatic rings. The first-order valence-corrected chi connectivity index (χ1v) is 8.05. The van der Waals surface area contributed by atoms with Crippen LogP contribution in [-0.4, -0.2) is 17.0 Å². The maximum atomic E-state index is 11.8. The molecule has 3 aliphatic carbocycles. The lowest BCUT2D eigenvalue weighted by Crippen LogP contribution is -2.37. The third kappa shape index (κ3) is 2.09. The molecule has 1 fully saturated rings. The van der Waals surface area contributed by atoms with Gasteiger partial charge in [-0.25, -0.2) is 0 Å². The Kier molecular flexibility index (Phi) is 3.40. The standard InChI is InChI=1S/C18H26O2/c1-11(2)13-6-8-18(3)9-7-14-15(17(13)18)5-4-12(19)10-16(14)20/h4-5,11,14-16,20H,6-10H2,1-3H3/t14-,15-,16+,18-/m1/s1. The molecule has 0 saturated heterocycles. The number of hydrogen-bond donors (Lipinski definition) is 1. The van der Waals surface area contributed by atoms with Gasteiger partial charge in [-0.05, 0) is 49.0 Å². The van der Waals surface area contributed by atoms with E-state index in [1.807, 2.05) is 0 Å². The van der Waals surface area contributed by atoms with Gasteiger partial charge in [0.2, 0.25) is 0 Å². The molecule has 0 amide bonds. The van der Waals surface area contributed by atoms with Crippen molar-refractivity contribution >= 4 is 5.78 Å². The van der Waals surface area contributed by atoms with E-state index in [1.165, 1.54) is 19.3 Å². The van der Waals surface area contributed by atoms with Crippen molar-refractivity contribution in [1.29, 1.82) is 0 Å². The Hall–Kier alpha value is -0.890. The third-order valence-electron chi connectivity index (χ3n) is 5.86. The van der Waals surface area contributed by atoms with E-state index >= 15 is 0 Å². The molecule has 3 rings (SSSR count). The van der Waals surface area contributed by atoms with Crippen LogP contribution in [0.2, 0.25) is 0 Å². The van der Waals surface area contributed by atoms with E-state index in [1.54, 1.807) is 17.2 Å². The Balaban J connectivity index is 2.07. The van der Waals surface area contributed by atoms with Gasteiger partial charge in [-0.15, -0.1) is 0 Å². The molecule has 0 spiro atoms. The second-order valence-electron chi connectivity index (χ2n) is 7.48. The van der Waals surface area contributed by atoms with Gasteiger partial charge < -0.3 is 5.11 Å². The lowest BCUT2D eigenvalue weighted by atomic mass is 9.61. The Labute approximate surface area is 122 Å². The normalized spacial score (nSPS) is 40.9. The molecule has 0 aliphatic heterocycles. The van der Waals surface area contributed by atoms with Crippen LogP contribution >= 0.6 is 0 Å². The quantitative estimate of drug-likeness (QED) is 0.741. The fourth-order valence-corrected chi connectivity index (χ4v) is 4.73. The number of ketones is 1. The predicted molar refractivity (Wildman–Crippen MR) is 80.2 cm³/mol. The highest BCUT2D eigenvalue weighted by Crippen LogP contribution is 2.58. The van der Waals surface area contributed by atoms with Crippen LogP contribution < -0.4 is 0 Å². The van der Waals surface area contributed by atoms with Crippen molar-refractivity contribution in [2.45, 2.75) is 59.0 Å². The van der Waals surface area contributed by atoms with Crippen LogP contribution in [0.4, 0.5) is 0 Å². The number of fused-ring (bicyclic) bond motifs is 3. The molecule has 0 radical (unpaired) electrons. The number of carbonyl (C=O) groups is 1. The maximum absolute atomic E-state index is 11.8. The first-order valence-electron chi connectivity index (χ1n) is 8.05. The lowest BCUT2D eigenvalue weighted by molar-refractivity contribution is -0.117. The lowest BCUT2D eigenvalue weighted by Gasteiger charge is -2.44. The molecule has 0 unspecified atom stereocenters. The minimum absolute atomic E-state index is 0.0818. The van der Waals surface area contributed by atoms with Crippen LogP contribution in [0, 0.1) is 23.2 Å². The van der Waals surface area contributed by atoms with Crippen LogP contribution in [0.25, 0.3) is 0 Å². The van der Waals surface area contributed by atoms with Gasteiger partial charge in [0.05, 0.1) is 6.10 Å². The summed E-state index contributed by atoms with van der Waals surface area (Å²) in [4.78, 5) is 11.8. The van der Waals surface area contributed by atoms with Gasteiger partial charge in [0.1, 0.15) is 0 Å². The third-order valence-corrected chi connectivity index (χ3v) is 5.86. The summed E-state index contributed by atoms with van der Waals surface area (Å²) in [5.74, 6) is 1.19. The highest BCUT2D eigenvalue weighted by atomic mass is 16.3. The molecule has 0 aromatic rings. The van der Waals surface area contributed by atoms with Gasteiger partial charge in [-0.3, -0.25) is 4.79 Å². The molecule has 2 heteroatoms. The topological polar surface area (TPSA) is 37.3 Å². The van der Waals surface area contributed by atoms with E-state index in [9.17, 15) is 9.90 Å². The van der Waals surface area contributed by atoms with Gasteiger partial charge in [-0.1, -0.05) is 38.0 Å². The Morgan fingerprint density at radius 1 is 1.35 bits per heavy atom. The zero-order valence-electron chi connectivity index (χ0n) is 12.9. The first kappa shape index (κ1) is 14.1. The van der Waals surface area contributed by atoms with Gasteiger partial charge in [0.25, 0.3) is 0 Å². The van der Waals surface area contributed by atoms with Crippen LogP contribution in [0.15, 0.2) is 23.3 Å². The van der Waals surface area contributed by atoms with Crippen molar-refractivity contribution in [3.05, 3.63) is 23.3 Å². The van der Waals surface area contributed by atoms with E-state index < -0.39 is 6.10 Å². The summed E-state index contributed by atoms with van der Waals surface area (Å²) in [5.41, 5.74) is 3.46. The highest BCUT2D eigenvalue weighted by Gasteiger charge is 2.48. The molecule has 0 aromatic carbocycles. The van der Waals surface area contributed by atoms with Gasteiger partial charge in [-0.2, -0.15) is 0 Å². The van der Waals surface area contributed by atoms with Crippen molar-refractivity contribution in [3.8, 4) is 0 Å². The smallest absolute Gasteiger partial charge is 0.157 e. The van der Waals surface area contributed by atoms with Crippen molar-refractivity contribution in [2.75, 3.05) is 0 Å².